The highest BCUT2D eigenvalue weighted by Gasteiger charge is 2.20. The molecule has 106 valence electrons. The first-order valence-corrected chi connectivity index (χ1v) is 8.55. The Bertz CT molecular complexity index is 771. The summed E-state index contributed by atoms with van der Waals surface area (Å²) >= 11 is 0.810. The summed E-state index contributed by atoms with van der Waals surface area (Å²) in [5.41, 5.74) is 1.47. The minimum atomic E-state index is -3.86. The number of nitrogens with one attached hydrogen (secondary N) is 1. The Balaban J connectivity index is 2.25. The summed E-state index contributed by atoms with van der Waals surface area (Å²) in [6.07, 6.45) is 3.05. The van der Waals surface area contributed by atoms with E-state index in [1.165, 1.54) is 13.1 Å². The highest BCUT2D eigenvalue weighted by Crippen LogP contribution is 2.29. The highest BCUT2D eigenvalue weighted by atomic mass is 35.7. The molecular weight excluding hydrogens is 322 g/mol. The van der Waals surface area contributed by atoms with Gasteiger partial charge in [-0.15, -0.1) is 0 Å². The number of aromatic nitrogens is 2. The molecule has 2 heterocycles. The summed E-state index contributed by atoms with van der Waals surface area (Å²) in [7, 11) is 1.42. The summed E-state index contributed by atoms with van der Waals surface area (Å²) in [6.45, 7) is 3.32. The van der Waals surface area contributed by atoms with Crippen LogP contribution in [0.3, 0.4) is 0 Å². The molecule has 1 amide bonds. The molecule has 0 saturated carbocycles. The van der Waals surface area contributed by atoms with Crippen LogP contribution in [-0.4, -0.2) is 24.3 Å². The predicted molar refractivity (Wildman–Crippen MR) is 76.8 cm³/mol. The van der Waals surface area contributed by atoms with Crippen LogP contribution in [0.25, 0.3) is 0 Å². The molecule has 0 bridgehead atoms. The zero-order valence-corrected chi connectivity index (χ0v) is 12.9. The van der Waals surface area contributed by atoms with E-state index in [4.69, 9.17) is 10.7 Å². The average Bonchev–Trinajstić information content (AvgIpc) is 2.70. The van der Waals surface area contributed by atoms with Crippen molar-refractivity contribution < 1.29 is 13.2 Å². The van der Waals surface area contributed by atoms with Gasteiger partial charge in [-0.1, -0.05) is 11.3 Å². The molecule has 0 aromatic carbocycles. The van der Waals surface area contributed by atoms with Crippen LogP contribution < -0.4 is 5.32 Å². The van der Waals surface area contributed by atoms with Crippen LogP contribution in [0.4, 0.5) is 5.13 Å². The van der Waals surface area contributed by atoms with Gasteiger partial charge in [-0.05, 0) is 25.5 Å². The van der Waals surface area contributed by atoms with Crippen molar-refractivity contribution in [2.24, 2.45) is 0 Å². The maximum Gasteiger partial charge on any atom is 0.272 e. The lowest BCUT2D eigenvalue weighted by Crippen LogP contribution is -2.12. The lowest BCUT2D eigenvalue weighted by atomic mass is 10.2. The maximum absolute atomic E-state index is 12.0. The van der Waals surface area contributed by atoms with E-state index in [1.807, 2.05) is 6.92 Å². The highest BCUT2D eigenvalue weighted by molar-refractivity contribution is 8.15. The lowest BCUT2D eigenvalue weighted by Gasteiger charge is -2.01. The van der Waals surface area contributed by atoms with Crippen molar-refractivity contribution in [3.05, 3.63) is 35.3 Å². The standard InChI is InChI=1S/C11H10ClN3O3S2/c1-6-3-8(5-13-4-6)9(16)15-11-14-7(2)10(19-11)20(12,17)18/h3-5H,1-2H3,(H,14,15,16). The lowest BCUT2D eigenvalue weighted by molar-refractivity contribution is 0.102. The van der Waals surface area contributed by atoms with E-state index >= 15 is 0 Å². The fraction of sp³-hybridized carbons (Fsp3) is 0.182. The number of rotatable bonds is 3. The molecule has 0 unspecified atom stereocenters. The molecule has 0 radical (unpaired) electrons. The van der Waals surface area contributed by atoms with Crippen molar-refractivity contribution in [3.63, 3.8) is 0 Å². The first-order valence-electron chi connectivity index (χ1n) is 5.42. The summed E-state index contributed by atoms with van der Waals surface area (Å²) in [6, 6.07) is 1.67. The molecule has 0 saturated heterocycles. The largest absolute Gasteiger partial charge is 0.298 e. The summed E-state index contributed by atoms with van der Waals surface area (Å²) < 4.78 is 22.5. The molecule has 1 N–H and O–H groups in total. The smallest absolute Gasteiger partial charge is 0.272 e. The van der Waals surface area contributed by atoms with Gasteiger partial charge >= 0.3 is 0 Å². The molecule has 0 spiro atoms. The Morgan fingerprint density at radius 1 is 1.35 bits per heavy atom. The van der Waals surface area contributed by atoms with E-state index in [9.17, 15) is 13.2 Å². The topological polar surface area (TPSA) is 89.0 Å². The number of halogens is 1. The van der Waals surface area contributed by atoms with Crippen LogP contribution in [0.1, 0.15) is 21.6 Å². The van der Waals surface area contributed by atoms with Crippen molar-refractivity contribution in [1.82, 2.24) is 9.97 Å². The van der Waals surface area contributed by atoms with E-state index < -0.39 is 15.0 Å². The van der Waals surface area contributed by atoms with Gasteiger partial charge in [0.15, 0.2) is 9.34 Å². The number of thiazole rings is 1. The second kappa shape index (κ2) is 5.47. The minimum absolute atomic E-state index is 0.0724. The van der Waals surface area contributed by atoms with Crippen molar-refractivity contribution in [1.29, 1.82) is 0 Å². The molecule has 0 fully saturated rings. The molecule has 0 aliphatic carbocycles. The molecule has 6 nitrogen and oxygen atoms in total. The third-order valence-electron chi connectivity index (χ3n) is 2.33. The number of hydrogen-bond donors (Lipinski definition) is 1. The SMILES string of the molecule is Cc1cncc(C(=O)Nc2nc(C)c(S(=O)(=O)Cl)s2)c1. The molecule has 0 atom stereocenters. The number of hydrogen-bond acceptors (Lipinski definition) is 6. The fourth-order valence-electron chi connectivity index (χ4n) is 1.51. The third-order valence-corrected chi connectivity index (χ3v) is 5.58. The second-order valence-electron chi connectivity index (χ2n) is 4.03. The number of carbonyl (C=O) groups excluding carboxylic acids is 1. The van der Waals surface area contributed by atoms with E-state index in [0.29, 0.717) is 5.56 Å². The van der Waals surface area contributed by atoms with Gasteiger partial charge in [0.25, 0.3) is 15.0 Å². The van der Waals surface area contributed by atoms with Crippen molar-refractivity contribution in [3.8, 4) is 0 Å². The Labute approximate surface area is 124 Å². The summed E-state index contributed by atoms with van der Waals surface area (Å²) in [5.74, 6) is -0.409. The van der Waals surface area contributed by atoms with Crippen LogP contribution in [-0.2, 0) is 9.05 Å². The summed E-state index contributed by atoms with van der Waals surface area (Å²) in [4.78, 5) is 19.9. The second-order valence-corrected chi connectivity index (χ2v) is 7.80. The third kappa shape index (κ3) is 3.33. The number of aryl methyl sites for hydroxylation is 2. The fourth-order valence-corrected chi connectivity index (χ4v) is 3.86. The maximum atomic E-state index is 12.0. The first kappa shape index (κ1) is 14.9. The van der Waals surface area contributed by atoms with Crippen LogP contribution in [0.2, 0.25) is 0 Å². The Morgan fingerprint density at radius 2 is 2.05 bits per heavy atom. The first-order chi connectivity index (χ1) is 9.27. The van der Waals surface area contributed by atoms with E-state index in [2.05, 4.69) is 15.3 Å². The Morgan fingerprint density at radius 3 is 2.60 bits per heavy atom. The van der Waals surface area contributed by atoms with Crippen LogP contribution in [0, 0.1) is 13.8 Å². The molecule has 0 aliphatic heterocycles. The quantitative estimate of drug-likeness (QED) is 0.872. The molecular formula is C11H10ClN3O3S2. The van der Waals surface area contributed by atoms with Crippen molar-refractivity contribution in [2.75, 3.05) is 5.32 Å². The number of nitrogens with zero attached hydrogens (tertiary/aromatic N) is 2. The molecule has 2 rings (SSSR count). The molecule has 2 aromatic rings. The van der Waals surface area contributed by atoms with Crippen molar-refractivity contribution >= 4 is 42.1 Å². The average molecular weight is 332 g/mol. The van der Waals surface area contributed by atoms with Crippen LogP contribution in [0.5, 0.6) is 0 Å². The van der Waals surface area contributed by atoms with Gasteiger partial charge in [-0.3, -0.25) is 15.1 Å². The van der Waals surface area contributed by atoms with E-state index in [-0.39, 0.29) is 15.0 Å². The monoisotopic (exact) mass is 331 g/mol. The number of pyridine rings is 1. The van der Waals surface area contributed by atoms with Gasteiger partial charge in [0, 0.05) is 23.1 Å². The van der Waals surface area contributed by atoms with Gasteiger partial charge in [0.2, 0.25) is 0 Å². The van der Waals surface area contributed by atoms with Crippen LogP contribution in [0.15, 0.2) is 22.7 Å². The van der Waals surface area contributed by atoms with Gasteiger partial charge in [-0.2, -0.15) is 0 Å². The van der Waals surface area contributed by atoms with E-state index in [0.717, 1.165) is 16.9 Å². The molecule has 0 aliphatic rings. The van der Waals surface area contributed by atoms with E-state index in [1.54, 1.807) is 12.3 Å². The summed E-state index contributed by atoms with van der Waals surface area (Å²) in [5, 5.41) is 2.70. The zero-order chi connectivity index (χ0) is 14.9. The molecule has 20 heavy (non-hydrogen) atoms. The Kier molecular flexibility index (Phi) is 4.07. The molecule has 2 aromatic heterocycles. The van der Waals surface area contributed by atoms with Gasteiger partial charge < -0.3 is 0 Å². The normalized spacial score (nSPS) is 11.3. The van der Waals surface area contributed by atoms with Gasteiger partial charge in [0.1, 0.15) is 0 Å². The number of amides is 1. The zero-order valence-electron chi connectivity index (χ0n) is 10.5. The minimum Gasteiger partial charge on any atom is -0.298 e. The van der Waals surface area contributed by atoms with Gasteiger partial charge in [-0.25, -0.2) is 13.4 Å². The predicted octanol–water partition coefficient (Wildman–Crippen LogP) is 2.33. The van der Waals surface area contributed by atoms with Gasteiger partial charge in [0.05, 0.1) is 11.3 Å². The molecule has 9 heteroatoms. The number of anilines is 1. The van der Waals surface area contributed by atoms with Crippen LogP contribution >= 0.6 is 22.0 Å². The number of carbonyl (C=O) groups is 1. The van der Waals surface area contributed by atoms with Crippen molar-refractivity contribution in [2.45, 2.75) is 18.1 Å². The Hall–Kier alpha value is -1.51.